The lowest BCUT2D eigenvalue weighted by molar-refractivity contribution is 0.0940. The molecule has 7 heteroatoms. The summed E-state index contributed by atoms with van der Waals surface area (Å²) < 4.78 is 33.4. The average Bonchev–Trinajstić information content (AvgIpc) is 3.31. The van der Waals surface area contributed by atoms with Crippen LogP contribution in [-0.4, -0.2) is 33.6 Å². The molecule has 0 unspecified atom stereocenters. The molecule has 0 aromatic heterocycles. The van der Waals surface area contributed by atoms with Gasteiger partial charge >= 0.3 is 0 Å². The second kappa shape index (κ2) is 9.18. The molecule has 31 heavy (non-hydrogen) atoms. The van der Waals surface area contributed by atoms with Crippen molar-refractivity contribution in [2.45, 2.75) is 36.8 Å². The fraction of sp³-hybridized carbons (Fsp3) is 0.292. The Balaban J connectivity index is 1.48. The summed E-state index contributed by atoms with van der Waals surface area (Å²) in [5.41, 5.74) is 1.31. The van der Waals surface area contributed by atoms with E-state index in [9.17, 15) is 13.2 Å². The summed E-state index contributed by atoms with van der Waals surface area (Å²) in [6.45, 7) is 2.82. The maximum Gasteiger partial charge on any atom is 0.251 e. The molecule has 1 amide bonds. The number of fused-ring (bicyclic) bond motifs is 1. The fourth-order valence-corrected chi connectivity index (χ4v) is 4.99. The van der Waals surface area contributed by atoms with E-state index in [0.717, 1.165) is 29.2 Å². The summed E-state index contributed by atoms with van der Waals surface area (Å²) in [5, 5.41) is 5.17. The van der Waals surface area contributed by atoms with E-state index in [1.54, 1.807) is 12.1 Å². The van der Waals surface area contributed by atoms with Gasteiger partial charge in [-0.15, -0.1) is 0 Å². The highest BCUT2D eigenvalue weighted by molar-refractivity contribution is 7.89. The highest BCUT2D eigenvalue weighted by Gasteiger charge is 2.21. The smallest absolute Gasteiger partial charge is 0.251 e. The molecule has 2 atom stereocenters. The third-order valence-electron chi connectivity index (χ3n) is 5.57. The molecule has 1 aliphatic rings. The Bertz CT molecular complexity index is 1180. The molecule has 3 aromatic rings. The summed E-state index contributed by atoms with van der Waals surface area (Å²) in [6, 6.07) is 19.9. The van der Waals surface area contributed by atoms with Crippen LogP contribution in [0.3, 0.4) is 0 Å². The van der Waals surface area contributed by atoms with Crippen molar-refractivity contribution in [2.75, 3.05) is 13.2 Å². The number of carbonyl (C=O) groups is 1. The van der Waals surface area contributed by atoms with Crippen molar-refractivity contribution in [2.24, 2.45) is 0 Å². The minimum atomic E-state index is -3.72. The van der Waals surface area contributed by atoms with E-state index in [2.05, 4.69) is 10.0 Å². The van der Waals surface area contributed by atoms with Gasteiger partial charge in [-0.1, -0.05) is 48.5 Å². The van der Waals surface area contributed by atoms with Crippen molar-refractivity contribution in [3.05, 3.63) is 77.9 Å². The number of carbonyl (C=O) groups excluding carboxylic acids is 1. The number of ether oxygens (including phenoxy) is 1. The average molecular weight is 439 g/mol. The van der Waals surface area contributed by atoms with Crippen LogP contribution in [0.1, 0.15) is 41.7 Å². The van der Waals surface area contributed by atoms with Gasteiger partial charge in [0.2, 0.25) is 10.0 Å². The van der Waals surface area contributed by atoms with Crippen molar-refractivity contribution in [1.29, 1.82) is 0 Å². The number of hydrogen-bond acceptors (Lipinski definition) is 4. The van der Waals surface area contributed by atoms with E-state index in [1.165, 1.54) is 12.1 Å². The second-order valence-electron chi connectivity index (χ2n) is 7.78. The van der Waals surface area contributed by atoms with Gasteiger partial charge in [-0.3, -0.25) is 4.79 Å². The largest absolute Gasteiger partial charge is 0.377 e. The zero-order chi connectivity index (χ0) is 21.8. The van der Waals surface area contributed by atoms with Gasteiger partial charge in [0, 0.05) is 18.7 Å². The zero-order valence-electron chi connectivity index (χ0n) is 17.4. The molecule has 1 aliphatic heterocycles. The summed E-state index contributed by atoms with van der Waals surface area (Å²) in [4.78, 5) is 12.9. The van der Waals surface area contributed by atoms with Crippen LogP contribution in [0.15, 0.2) is 71.6 Å². The molecule has 0 saturated carbocycles. The molecule has 0 bridgehead atoms. The Hall–Kier alpha value is -2.74. The maximum atomic E-state index is 12.9. The van der Waals surface area contributed by atoms with Crippen LogP contribution in [0, 0.1) is 0 Å². The number of rotatable bonds is 7. The van der Waals surface area contributed by atoms with Gasteiger partial charge in [-0.05, 0) is 54.3 Å². The van der Waals surface area contributed by atoms with Crippen LogP contribution in [-0.2, 0) is 14.8 Å². The minimum absolute atomic E-state index is 0.0657. The van der Waals surface area contributed by atoms with Crippen molar-refractivity contribution in [3.63, 3.8) is 0 Å². The SMILES string of the molecule is C[C@@H](NC(=O)c1cccc(S(=O)(=O)NC[C@H]2CCCO2)c1)c1cccc2ccccc12. The number of hydrogen-bond donors (Lipinski definition) is 2. The zero-order valence-corrected chi connectivity index (χ0v) is 18.2. The van der Waals surface area contributed by atoms with Crippen LogP contribution in [0.2, 0.25) is 0 Å². The molecular formula is C24H26N2O4S. The van der Waals surface area contributed by atoms with Crippen molar-refractivity contribution in [3.8, 4) is 0 Å². The third-order valence-corrected chi connectivity index (χ3v) is 6.99. The Morgan fingerprint density at radius 1 is 1.10 bits per heavy atom. The highest BCUT2D eigenvalue weighted by Crippen LogP contribution is 2.24. The molecule has 2 N–H and O–H groups in total. The molecular weight excluding hydrogens is 412 g/mol. The molecule has 0 radical (unpaired) electrons. The number of sulfonamides is 1. The first-order chi connectivity index (χ1) is 14.9. The van der Waals surface area contributed by atoms with E-state index < -0.39 is 10.0 Å². The maximum absolute atomic E-state index is 12.9. The van der Waals surface area contributed by atoms with Gasteiger partial charge in [0.05, 0.1) is 17.0 Å². The standard InChI is InChI=1S/C24H26N2O4S/c1-17(22-13-5-8-18-7-2-3-12-23(18)22)26-24(27)19-9-4-11-21(15-19)31(28,29)25-16-20-10-6-14-30-20/h2-5,7-9,11-13,15,17,20,25H,6,10,14,16H2,1H3,(H,26,27)/t17-,20-/m1/s1. The molecule has 162 valence electrons. The van der Waals surface area contributed by atoms with Gasteiger partial charge in [-0.2, -0.15) is 0 Å². The molecule has 6 nitrogen and oxygen atoms in total. The summed E-state index contributed by atoms with van der Waals surface area (Å²) in [7, 11) is -3.72. The minimum Gasteiger partial charge on any atom is -0.377 e. The van der Waals surface area contributed by atoms with Crippen LogP contribution in [0.25, 0.3) is 10.8 Å². The predicted octanol–water partition coefficient (Wildman–Crippen LogP) is 3.79. The van der Waals surface area contributed by atoms with Crippen molar-refractivity contribution >= 4 is 26.7 Å². The van der Waals surface area contributed by atoms with Crippen molar-refractivity contribution < 1.29 is 17.9 Å². The van der Waals surface area contributed by atoms with Gasteiger partial charge in [0.25, 0.3) is 5.91 Å². The first-order valence-corrected chi connectivity index (χ1v) is 11.9. The normalized spacial score (nSPS) is 17.5. The number of nitrogens with one attached hydrogen (secondary N) is 2. The van der Waals surface area contributed by atoms with Gasteiger partial charge in [0.15, 0.2) is 0 Å². The van der Waals surface area contributed by atoms with Crippen LogP contribution in [0.4, 0.5) is 0 Å². The van der Waals surface area contributed by atoms with Gasteiger partial charge in [-0.25, -0.2) is 13.1 Å². The Morgan fingerprint density at radius 2 is 1.87 bits per heavy atom. The summed E-state index contributed by atoms with van der Waals surface area (Å²) in [5.74, 6) is -0.323. The number of amides is 1. The van der Waals surface area contributed by atoms with E-state index >= 15 is 0 Å². The predicted molar refractivity (Wildman–Crippen MR) is 120 cm³/mol. The quantitative estimate of drug-likeness (QED) is 0.588. The third kappa shape index (κ3) is 4.95. The van der Waals surface area contributed by atoms with Crippen molar-refractivity contribution in [1.82, 2.24) is 10.0 Å². The molecule has 1 heterocycles. The Morgan fingerprint density at radius 3 is 2.68 bits per heavy atom. The fourth-order valence-electron chi connectivity index (χ4n) is 3.88. The van der Waals surface area contributed by atoms with E-state index in [4.69, 9.17) is 4.74 Å². The van der Waals surface area contributed by atoms with Crippen LogP contribution in [0.5, 0.6) is 0 Å². The number of benzene rings is 3. The van der Waals surface area contributed by atoms with E-state index in [0.29, 0.717) is 12.2 Å². The summed E-state index contributed by atoms with van der Waals surface area (Å²) >= 11 is 0. The lowest BCUT2D eigenvalue weighted by Crippen LogP contribution is -2.32. The molecule has 1 saturated heterocycles. The first kappa shape index (κ1) is 21.5. The Kier molecular flexibility index (Phi) is 6.36. The first-order valence-electron chi connectivity index (χ1n) is 10.4. The van der Waals surface area contributed by atoms with Gasteiger partial charge < -0.3 is 10.1 Å². The van der Waals surface area contributed by atoms with Crippen LogP contribution < -0.4 is 10.0 Å². The molecule has 1 fully saturated rings. The molecule has 3 aromatic carbocycles. The second-order valence-corrected chi connectivity index (χ2v) is 9.55. The molecule has 0 spiro atoms. The summed E-state index contributed by atoms with van der Waals surface area (Å²) in [6.07, 6.45) is 1.69. The molecule has 0 aliphatic carbocycles. The topological polar surface area (TPSA) is 84.5 Å². The lowest BCUT2D eigenvalue weighted by atomic mass is 9.99. The monoisotopic (exact) mass is 438 g/mol. The molecule has 4 rings (SSSR count). The lowest BCUT2D eigenvalue weighted by Gasteiger charge is -2.17. The van der Waals surface area contributed by atoms with Gasteiger partial charge in [0.1, 0.15) is 0 Å². The van der Waals surface area contributed by atoms with Crippen LogP contribution >= 0.6 is 0 Å². The highest BCUT2D eigenvalue weighted by atomic mass is 32.2. The van der Waals surface area contributed by atoms with E-state index in [1.807, 2.05) is 49.4 Å². The van der Waals surface area contributed by atoms with E-state index in [-0.39, 0.29) is 29.5 Å². The Labute approximate surface area is 182 Å².